The number of benzene rings is 1. The number of ether oxygens (including phenoxy) is 1. The summed E-state index contributed by atoms with van der Waals surface area (Å²) in [6.07, 6.45) is 2.18. The number of amides is 1. The average Bonchev–Trinajstić information content (AvgIpc) is 3.16. The second kappa shape index (κ2) is 8.76. The van der Waals surface area contributed by atoms with Gasteiger partial charge in [-0.1, -0.05) is 18.2 Å². The number of rotatable bonds is 5. The predicted octanol–water partition coefficient (Wildman–Crippen LogP) is 5.15. The maximum atomic E-state index is 14.5. The molecule has 1 aromatic carbocycles. The SMILES string of the molecule is CN(C(=O)OCc1cc(S(=O)(=O)c2cccnc2)c(-c2ccccc2F)s1)C(C)(C)C. The Bertz CT molecular complexity index is 1190. The van der Waals surface area contributed by atoms with Crippen LogP contribution in [0, 0.1) is 5.82 Å². The molecule has 0 aliphatic heterocycles. The van der Waals surface area contributed by atoms with Crippen molar-refractivity contribution in [3.63, 3.8) is 0 Å². The van der Waals surface area contributed by atoms with Gasteiger partial charge in [0, 0.05) is 35.4 Å². The maximum absolute atomic E-state index is 14.5. The number of pyridine rings is 1. The third-order valence-corrected chi connectivity index (χ3v) is 7.75. The Hall–Kier alpha value is -2.78. The molecule has 3 rings (SSSR count). The van der Waals surface area contributed by atoms with Gasteiger partial charge in [0.1, 0.15) is 12.4 Å². The zero-order valence-electron chi connectivity index (χ0n) is 17.6. The Morgan fingerprint density at radius 2 is 1.90 bits per heavy atom. The van der Waals surface area contributed by atoms with E-state index in [0.717, 1.165) is 11.3 Å². The second-order valence-electron chi connectivity index (χ2n) is 7.86. The number of hydrogen-bond acceptors (Lipinski definition) is 6. The Balaban J connectivity index is 2.02. The number of thiophene rings is 1. The van der Waals surface area contributed by atoms with Gasteiger partial charge >= 0.3 is 6.09 Å². The van der Waals surface area contributed by atoms with Gasteiger partial charge in [0.25, 0.3) is 0 Å². The summed E-state index contributed by atoms with van der Waals surface area (Å²) in [7, 11) is -2.34. The zero-order chi connectivity index (χ0) is 22.8. The van der Waals surface area contributed by atoms with Gasteiger partial charge in [-0.3, -0.25) is 4.98 Å². The van der Waals surface area contributed by atoms with Crippen LogP contribution >= 0.6 is 11.3 Å². The van der Waals surface area contributed by atoms with Crippen LogP contribution in [0.1, 0.15) is 25.6 Å². The largest absolute Gasteiger partial charge is 0.444 e. The number of carbonyl (C=O) groups excluding carboxylic acids is 1. The lowest BCUT2D eigenvalue weighted by Crippen LogP contribution is -2.42. The molecular weight excluding hydrogens is 439 g/mol. The number of nitrogens with zero attached hydrogens (tertiary/aromatic N) is 2. The molecule has 0 unspecified atom stereocenters. The molecule has 9 heteroatoms. The summed E-state index contributed by atoms with van der Waals surface area (Å²) in [5, 5.41) is 0. The Morgan fingerprint density at radius 3 is 2.52 bits per heavy atom. The lowest BCUT2D eigenvalue weighted by Gasteiger charge is -2.30. The minimum Gasteiger partial charge on any atom is -0.444 e. The van der Waals surface area contributed by atoms with E-state index < -0.39 is 27.3 Å². The van der Waals surface area contributed by atoms with E-state index in [0.29, 0.717) is 4.88 Å². The molecule has 0 bridgehead atoms. The summed E-state index contributed by atoms with van der Waals surface area (Å²) in [6, 6.07) is 10.3. The molecule has 3 aromatic rings. The second-order valence-corrected chi connectivity index (χ2v) is 10.9. The van der Waals surface area contributed by atoms with Crippen molar-refractivity contribution < 1.29 is 22.3 Å². The molecule has 1 amide bonds. The normalized spacial score (nSPS) is 11.9. The Labute approximate surface area is 185 Å². The minimum absolute atomic E-state index is 0.00130. The summed E-state index contributed by atoms with van der Waals surface area (Å²) in [5.74, 6) is -0.539. The smallest absolute Gasteiger partial charge is 0.410 e. The number of sulfone groups is 1. The van der Waals surface area contributed by atoms with Crippen molar-refractivity contribution in [2.75, 3.05) is 7.05 Å². The topological polar surface area (TPSA) is 76.6 Å². The molecule has 0 radical (unpaired) electrons. The maximum Gasteiger partial charge on any atom is 0.410 e. The molecule has 6 nitrogen and oxygen atoms in total. The van der Waals surface area contributed by atoms with Crippen LogP contribution in [0.3, 0.4) is 0 Å². The van der Waals surface area contributed by atoms with E-state index in [-0.39, 0.29) is 26.8 Å². The monoisotopic (exact) mass is 462 g/mol. The van der Waals surface area contributed by atoms with Crippen molar-refractivity contribution in [1.82, 2.24) is 9.88 Å². The fourth-order valence-corrected chi connectivity index (χ4v) is 5.55. The summed E-state index contributed by atoms with van der Waals surface area (Å²) in [4.78, 5) is 18.3. The third kappa shape index (κ3) is 4.94. The summed E-state index contributed by atoms with van der Waals surface area (Å²) in [5.41, 5.74) is -0.265. The van der Waals surface area contributed by atoms with Crippen LogP contribution in [0.25, 0.3) is 10.4 Å². The van der Waals surface area contributed by atoms with Crippen molar-refractivity contribution in [3.05, 3.63) is 65.6 Å². The molecule has 0 saturated heterocycles. The van der Waals surface area contributed by atoms with Crippen molar-refractivity contribution >= 4 is 27.3 Å². The Kier molecular flexibility index (Phi) is 6.47. The van der Waals surface area contributed by atoms with Crippen LogP contribution in [-0.2, 0) is 21.2 Å². The first-order valence-electron chi connectivity index (χ1n) is 9.45. The number of halogens is 1. The summed E-state index contributed by atoms with van der Waals surface area (Å²) < 4.78 is 46.4. The van der Waals surface area contributed by atoms with Crippen LogP contribution in [-0.4, -0.2) is 37.0 Å². The minimum atomic E-state index is -3.96. The van der Waals surface area contributed by atoms with Crippen LogP contribution in [0.4, 0.5) is 9.18 Å². The number of carbonyl (C=O) groups is 1. The average molecular weight is 463 g/mol. The van der Waals surface area contributed by atoms with Gasteiger partial charge in [0.2, 0.25) is 9.84 Å². The highest BCUT2D eigenvalue weighted by Crippen LogP contribution is 2.39. The van der Waals surface area contributed by atoms with Gasteiger partial charge in [-0.2, -0.15) is 0 Å². The quantitative estimate of drug-likeness (QED) is 0.524. The summed E-state index contributed by atoms with van der Waals surface area (Å²) in [6.45, 7) is 5.48. The Morgan fingerprint density at radius 1 is 1.19 bits per heavy atom. The molecule has 164 valence electrons. The number of hydrogen-bond donors (Lipinski definition) is 0. The van der Waals surface area contributed by atoms with Crippen LogP contribution in [0.2, 0.25) is 0 Å². The fourth-order valence-electron chi connectivity index (χ4n) is 2.66. The number of aromatic nitrogens is 1. The lowest BCUT2D eigenvalue weighted by molar-refractivity contribution is 0.0766. The van der Waals surface area contributed by atoms with Gasteiger partial charge in [0.05, 0.1) is 14.7 Å². The van der Waals surface area contributed by atoms with Gasteiger partial charge in [0.15, 0.2) is 0 Å². The van der Waals surface area contributed by atoms with Gasteiger partial charge < -0.3 is 9.64 Å². The van der Waals surface area contributed by atoms with E-state index in [9.17, 15) is 17.6 Å². The molecule has 0 fully saturated rings. The van der Waals surface area contributed by atoms with Crippen LogP contribution in [0.15, 0.2) is 64.6 Å². The van der Waals surface area contributed by atoms with Gasteiger partial charge in [-0.05, 0) is 45.0 Å². The molecule has 0 N–H and O–H groups in total. The van der Waals surface area contributed by atoms with E-state index in [4.69, 9.17) is 4.74 Å². The summed E-state index contributed by atoms with van der Waals surface area (Å²) >= 11 is 1.07. The van der Waals surface area contributed by atoms with E-state index in [1.165, 1.54) is 53.7 Å². The molecule has 2 heterocycles. The van der Waals surface area contributed by atoms with E-state index in [1.807, 2.05) is 20.8 Å². The zero-order valence-corrected chi connectivity index (χ0v) is 19.3. The highest BCUT2D eigenvalue weighted by atomic mass is 32.2. The van der Waals surface area contributed by atoms with Crippen molar-refractivity contribution in [2.45, 2.75) is 42.7 Å². The van der Waals surface area contributed by atoms with Crippen molar-refractivity contribution in [1.29, 1.82) is 0 Å². The molecule has 0 aliphatic carbocycles. The lowest BCUT2D eigenvalue weighted by atomic mass is 10.1. The molecule has 0 aliphatic rings. The van der Waals surface area contributed by atoms with Crippen molar-refractivity contribution in [2.24, 2.45) is 0 Å². The molecule has 31 heavy (non-hydrogen) atoms. The van der Waals surface area contributed by atoms with Gasteiger partial charge in [-0.15, -0.1) is 11.3 Å². The fraction of sp³-hybridized carbons (Fsp3) is 0.273. The van der Waals surface area contributed by atoms with E-state index in [2.05, 4.69) is 4.98 Å². The van der Waals surface area contributed by atoms with Crippen LogP contribution in [0.5, 0.6) is 0 Å². The third-order valence-electron chi connectivity index (χ3n) is 4.72. The molecule has 0 spiro atoms. The molecule has 0 saturated carbocycles. The van der Waals surface area contributed by atoms with E-state index >= 15 is 0 Å². The standard InChI is InChI=1S/C22H23FN2O4S2/c1-22(2,3)25(4)21(26)29-14-15-12-19(31(27,28)16-8-7-11-24-13-16)20(30-15)17-9-5-6-10-18(17)23/h5-13H,14H2,1-4H3. The van der Waals surface area contributed by atoms with Crippen LogP contribution < -0.4 is 0 Å². The molecule has 2 aromatic heterocycles. The first kappa shape index (κ1) is 22.9. The predicted molar refractivity (Wildman–Crippen MR) is 117 cm³/mol. The van der Waals surface area contributed by atoms with Gasteiger partial charge in [-0.25, -0.2) is 17.6 Å². The first-order valence-corrected chi connectivity index (χ1v) is 11.7. The van der Waals surface area contributed by atoms with Crippen molar-refractivity contribution in [3.8, 4) is 10.4 Å². The van der Waals surface area contributed by atoms with E-state index in [1.54, 1.807) is 13.1 Å². The molecular formula is C22H23FN2O4S2. The highest BCUT2D eigenvalue weighted by Gasteiger charge is 2.28. The highest BCUT2D eigenvalue weighted by molar-refractivity contribution is 7.91. The first-order chi connectivity index (χ1) is 14.5. The molecule has 0 atom stereocenters.